The van der Waals surface area contributed by atoms with Crippen molar-refractivity contribution in [3.05, 3.63) is 0 Å². The molecule has 0 radical (unpaired) electrons. The van der Waals surface area contributed by atoms with E-state index in [-0.39, 0.29) is 6.61 Å². The van der Waals surface area contributed by atoms with Crippen molar-refractivity contribution >= 4 is 0 Å². The molecule has 0 aliphatic rings. The summed E-state index contributed by atoms with van der Waals surface area (Å²) in [5.74, 6) is 0.659. The van der Waals surface area contributed by atoms with E-state index in [9.17, 15) is 0 Å². The Morgan fingerprint density at radius 1 is 1.38 bits per heavy atom. The largest absolute Gasteiger partial charge is 0.395 e. The topological polar surface area (TPSA) is 35.5 Å². The number of rotatable bonds is 8. The van der Waals surface area contributed by atoms with E-state index in [1.165, 1.54) is 0 Å². The zero-order valence-corrected chi connectivity index (χ0v) is 9.21. The molecule has 0 aliphatic heterocycles. The molecule has 0 aromatic carbocycles. The minimum Gasteiger partial charge on any atom is -0.395 e. The van der Waals surface area contributed by atoms with Crippen molar-refractivity contribution in [3.8, 4) is 0 Å². The van der Waals surface area contributed by atoms with Crippen LogP contribution in [-0.2, 0) is 0 Å². The summed E-state index contributed by atoms with van der Waals surface area (Å²) in [7, 11) is 0. The van der Waals surface area contributed by atoms with E-state index >= 15 is 0 Å². The molecule has 3 heteroatoms. The van der Waals surface area contributed by atoms with Gasteiger partial charge in [0, 0.05) is 13.1 Å². The third-order valence-electron chi connectivity index (χ3n) is 2.18. The number of nitrogens with one attached hydrogen (secondary N) is 1. The summed E-state index contributed by atoms with van der Waals surface area (Å²) in [5.41, 5.74) is 0. The molecular formula is C10H24N2O. The number of aliphatic hydroxyl groups is 1. The summed E-state index contributed by atoms with van der Waals surface area (Å²) >= 11 is 0. The summed E-state index contributed by atoms with van der Waals surface area (Å²) in [4.78, 5) is 2.28. The molecule has 0 fully saturated rings. The second-order valence-electron chi connectivity index (χ2n) is 3.53. The minimum absolute atomic E-state index is 0.266. The highest BCUT2D eigenvalue weighted by Gasteiger charge is 2.06. The van der Waals surface area contributed by atoms with Crippen molar-refractivity contribution in [1.29, 1.82) is 0 Å². The second-order valence-corrected chi connectivity index (χ2v) is 3.53. The second kappa shape index (κ2) is 8.48. The maximum absolute atomic E-state index is 8.80. The number of nitrogens with zero attached hydrogens (tertiary/aromatic N) is 1. The van der Waals surface area contributed by atoms with Gasteiger partial charge in [-0.05, 0) is 25.6 Å². The van der Waals surface area contributed by atoms with E-state index in [2.05, 4.69) is 31.0 Å². The lowest BCUT2D eigenvalue weighted by molar-refractivity contribution is 0.184. The number of hydrogen-bond donors (Lipinski definition) is 2. The van der Waals surface area contributed by atoms with E-state index in [0.29, 0.717) is 5.92 Å². The number of hydrogen-bond acceptors (Lipinski definition) is 3. The fraction of sp³-hybridized carbons (Fsp3) is 1.00. The third kappa shape index (κ3) is 6.99. The van der Waals surface area contributed by atoms with Crippen molar-refractivity contribution in [2.45, 2.75) is 20.8 Å². The Kier molecular flexibility index (Phi) is 8.40. The lowest BCUT2D eigenvalue weighted by Crippen LogP contribution is -2.35. The van der Waals surface area contributed by atoms with Crippen molar-refractivity contribution < 1.29 is 5.11 Å². The standard InChI is InChI=1S/C10H24N2O/c1-4-11-8-10(3)9-12(5-2)6-7-13/h10-11,13H,4-9H2,1-3H3. The molecule has 0 heterocycles. The summed E-state index contributed by atoms with van der Waals surface area (Å²) in [6.07, 6.45) is 0. The maximum atomic E-state index is 8.80. The molecule has 1 atom stereocenters. The van der Waals surface area contributed by atoms with Crippen LogP contribution >= 0.6 is 0 Å². The van der Waals surface area contributed by atoms with Crippen LogP contribution in [0.15, 0.2) is 0 Å². The van der Waals surface area contributed by atoms with Crippen LogP contribution in [0, 0.1) is 5.92 Å². The summed E-state index contributed by atoms with van der Waals surface area (Å²) in [6.45, 7) is 11.8. The molecule has 0 rings (SSSR count). The van der Waals surface area contributed by atoms with Gasteiger partial charge in [0.25, 0.3) is 0 Å². The van der Waals surface area contributed by atoms with E-state index in [4.69, 9.17) is 5.11 Å². The quantitative estimate of drug-likeness (QED) is 0.584. The minimum atomic E-state index is 0.266. The van der Waals surface area contributed by atoms with Crippen molar-refractivity contribution in [1.82, 2.24) is 10.2 Å². The maximum Gasteiger partial charge on any atom is 0.0558 e. The Morgan fingerprint density at radius 3 is 2.54 bits per heavy atom. The predicted molar refractivity (Wildman–Crippen MR) is 56.9 cm³/mol. The Labute approximate surface area is 82.1 Å². The van der Waals surface area contributed by atoms with Crippen LogP contribution < -0.4 is 5.32 Å². The lowest BCUT2D eigenvalue weighted by atomic mass is 10.1. The van der Waals surface area contributed by atoms with Gasteiger partial charge >= 0.3 is 0 Å². The van der Waals surface area contributed by atoms with Crippen LogP contribution in [0.2, 0.25) is 0 Å². The predicted octanol–water partition coefficient (Wildman–Crippen LogP) is 0.546. The van der Waals surface area contributed by atoms with Crippen LogP contribution in [-0.4, -0.2) is 49.3 Å². The van der Waals surface area contributed by atoms with Gasteiger partial charge in [0.2, 0.25) is 0 Å². The van der Waals surface area contributed by atoms with Crippen LogP contribution in [0.25, 0.3) is 0 Å². The zero-order chi connectivity index (χ0) is 10.1. The molecule has 0 aliphatic carbocycles. The molecule has 3 nitrogen and oxygen atoms in total. The summed E-state index contributed by atoms with van der Waals surface area (Å²) < 4.78 is 0. The summed E-state index contributed by atoms with van der Waals surface area (Å²) in [5, 5.41) is 12.1. The molecule has 1 unspecified atom stereocenters. The average Bonchev–Trinajstić information content (AvgIpc) is 2.14. The molecule has 0 spiro atoms. The average molecular weight is 188 g/mol. The normalized spacial score (nSPS) is 13.6. The zero-order valence-electron chi connectivity index (χ0n) is 9.21. The van der Waals surface area contributed by atoms with Gasteiger partial charge in [-0.3, -0.25) is 0 Å². The lowest BCUT2D eigenvalue weighted by Gasteiger charge is -2.23. The molecule has 80 valence electrons. The fourth-order valence-electron chi connectivity index (χ4n) is 1.42. The Morgan fingerprint density at radius 2 is 2.08 bits per heavy atom. The highest BCUT2D eigenvalue weighted by molar-refractivity contribution is 4.63. The molecule has 0 amide bonds. The van der Waals surface area contributed by atoms with Gasteiger partial charge in [-0.2, -0.15) is 0 Å². The smallest absolute Gasteiger partial charge is 0.0558 e. The molecule has 2 N–H and O–H groups in total. The first kappa shape index (κ1) is 12.9. The molecule has 0 bridgehead atoms. The van der Waals surface area contributed by atoms with Crippen LogP contribution in [0.5, 0.6) is 0 Å². The van der Waals surface area contributed by atoms with Gasteiger partial charge in [0.1, 0.15) is 0 Å². The first-order valence-corrected chi connectivity index (χ1v) is 5.28. The third-order valence-corrected chi connectivity index (χ3v) is 2.18. The summed E-state index contributed by atoms with van der Waals surface area (Å²) in [6, 6.07) is 0. The Balaban J connectivity index is 3.53. The first-order valence-electron chi connectivity index (χ1n) is 5.28. The molecule has 0 aromatic rings. The van der Waals surface area contributed by atoms with E-state index in [0.717, 1.165) is 32.7 Å². The Bertz CT molecular complexity index is 109. The van der Waals surface area contributed by atoms with E-state index in [1.54, 1.807) is 0 Å². The van der Waals surface area contributed by atoms with Gasteiger partial charge in [-0.1, -0.05) is 20.8 Å². The van der Waals surface area contributed by atoms with Crippen molar-refractivity contribution in [2.24, 2.45) is 5.92 Å². The van der Waals surface area contributed by atoms with Gasteiger partial charge in [-0.25, -0.2) is 0 Å². The molecular weight excluding hydrogens is 164 g/mol. The fourth-order valence-corrected chi connectivity index (χ4v) is 1.42. The van der Waals surface area contributed by atoms with Gasteiger partial charge in [-0.15, -0.1) is 0 Å². The van der Waals surface area contributed by atoms with Gasteiger partial charge in [0.05, 0.1) is 6.61 Å². The van der Waals surface area contributed by atoms with Gasteiger partial charge < -0.3 is 15.3 Å². The van der Waals surface area contributed by atoms with Crippen LogP contribution in [0.3, 0.4) is 0 Å². The first-order chi connectivity index (χ1) is 6.24. The van der Waals surface area contributed by atoms with E-state index in [1.807, 2.05) is 0 Å². The van der Waals surface area contributed by atoms with Crippen LogP contribution in [0.4, 0.5) is 0 Å². The molecule has 13 heavy (non-hydrogen) atoms. The van der Waals surface area contributed by atoms with Crippen molar-refractivity contribution in [2.75, 3.05) is 39.3 Å². The molecule has 0 aromatic heterocycles. The van der Waals surface area contributed by atoms with Gasteiger partial charge in [0.15, 0.2) is 0 Å². The highest BCUT2D eigenvalue weighted by Crippen LogP contribution is 1.97. The monoisotopic (exact) mass is 188 g/mol. The SMILES string of the molecule is CCNCC(C)CN(CC)CCO. The highest BCUT2D eigenvalue weighted by atomic mass is 16.3. The Hall–Kier alpha value is -0.120. The number of aliphatic hydroxyl groups excluding tert-OH is 1. The van der Waals surface area contributed by atoms with E-state index < -0.39 is 0 Å². The molecule has 0 saturated heterocycles. The van der Waals surface area contributed by atoms with Crippen molar-refractivity contribution in [3.63, 3.8) is 0 Å². The number of likely N-dealkylation sites (N-methyl/N-ethyl adjacent to an activating group) is 1. The van der Waals surface area contributed by atoms with Crippen LogP contribution in [0.1, 0.15) is 20.8 Å². The molecule has 0 saturated carbocycles.